The number of imidazole rings is 1. The molecule has 0 saturated carbocycles. The highest BCUT2D eigenvalue weighted by Gasteiger charge is 2.01. The average Bonchev–Trinajstić information content (AvgIpc) is 2.83. The van der Waals surface area contributed by atoms with Gasteiger partial charge in [-0.2, -0.15) is 0 Å². The maximum atomic E-state index is 4.34. The number of aromatic nitrogens is 2. The zero-order valence-electron chi connectivity index (χ0n) is 12.5. The number of hydrogen-bond donors (Lipinski definition) is 1. The lowest BCUT2D eigenvalue weighted by atomic mass is 10.2. The third-order valence-electron chi connectivity index (χ3n) is 3.09. The largest absolute Gasteiger partial charge is 0.337 e. The van der Waals surface area contributed by atoms with Crippen molar-refractivity contribution in [3.63, 3.8) is 0 Å². The first-order valence-corrected chi connectivity index (χ1v) is 8.02. The van der Waals surface area contributed by atoms with Gasteiger partial charge in [0.2, 0.25) is 0 Å². The van der Waals surface area contributed by atoms with Crippen LogP contribution in [-0.4, -0.2) is 16.1 Å². The molecule has 0 atom stereocenters. The smallest absolute Gasteiger partial charge is 0.118 e. The summed E-state index contributed by atoms with van der Waals surface area (Å²) in [4.78, 5) is 5.63. The van der Waals surface area contributed by atoms with Gasteiger partial charge in [0.15, 0.2) is 0 Å². The molecule has 4 heteroatoms. The molecule has 20 heavy (non-hydrogen) atoms. The van der Waals surface area contributed by atoms with Crippen LogP contribution in [0.4, 0.5) is 0 Å². The predicted octanol–water partition coefficient (Wildman–Crippen LogP) is 3.46. The SMILES string of the molecule is CC(C)CNCc1ccc(SCc2nccn2C)cc1. The monoisotopic (exact) mass is 289 g/mol. The fraction of sp³-hybridized carbons (Fsp3) is 0.438. The number of aryl methyl sites for hydroxylation is 1. The van der Waals surface area contributed by atoms with Gasteiger partial charge in [0.1, 0.15) is 5.82 Å². The summed E-state index contributed by atoms with van der Waals surface area (Å²) >= 11 is 1.83. The van der Waals surface area contributed by atoms with Crippen molar-refractivity contribution >= 4 is 11.8 Å². The first kappa shape index (κ1) is 15.1. The van der Waals surface area contributed by atoms with Gasteiger partial charge in [0, 0.05) is 30.9 Å². The van der Waals surface area contributed by atoms with Crippen LogP contribution >= 0.6 is 11.8 Å². The lowest BCUT2D eigenvalue weighted by molar-refractivity contribution is 0.552. The molecule has 0 amide bonds. The second kappa shape index (κ2) is 7.50. The lowest BCUT2D eigenvalue weighted by Gasteiger charge is -2.08. The quantitative estimate of drug-likeness (QED) is 0.792. The molecule has 2 aromatic rings. The Hall–Kier alpha value is -1.26. The van der Waals surface area contributed by atoms with E-state index in [-0.39, 0.29) is 0 Å². The molecule has 1 aromatic carbocycles. The first-order chi connectivity index (χ1) is 9.65. The fourth-order valence-electron chi connectivity index (χ4n) is 1.89. The van der Waals surface area contributed by atoms with Gasteiger partial charge in [0.05, 0.1) is 5.75 Å². The Balaban J connectivity index is 1.81. The Labute approximate surface area is 125 Å². The van der Waals surface area contributed by atoms with Gasteiger partial charge in [-0.1, -0.05) is 26.0 Å². The molecule has 0 aliphatic heterocycles. The van der Waals surface area contributed by atoms with Crippen LogP contribution in [0.5, 0.6) is 0 Å². The fourth-order valence-corrected chi connectivity index (χ4v) is 2.79. The highest BCUT2D eigenvalue weighted by molar-refractivity contribution is 7.98. The molecule has 0 unspecified atom stereocenters. The molecule has 1 heterocycles. The summed E-state index contributed by atoms with van der Waals surface area (Å²) in [5.74, 6) is 2.72. The Bertz CT molecular complexity index is 517. The van der Waals surface area contributed by atoms with Crippen molar-refractivity contribution in [1.82, 2.24) is 14.9 Å². The van der Waals surface area contributed by atoms with Crippen molar-refractivity contribution in [3.05, 3.63) is 48.0 Å². The van der Waals surface area contributed by atoms with E-state index in [1.165, 1.54) is 10.5 Å². The number of nitrogens with one attached hydrogen (secondary N) is 1. The molecule has 0 aliphatic rings. The molecule has 0 saturated heterocycles. The van der Waals surface area contributed by atoms with Crippen molar-refractivity contribution in [2.24, 2.45) is 13.0 Å². The predicted molar refractivity (Wildman–Crippen MR) is 85.8 cm³/mol. The second-order valence-corrected chi connectivity index (χ2v) is 6.46. The normalized spacial score (nSPS) is 11.2. The van der Waals surface area contributed by atoms with Gasteiger partial charge in [-0.25, -0.2) is 4.98 Å². The highest BCUT2D eigenvalue weighted by Crippen LogP contribution is 2.22. The Morgan fingerprint density at radius 3 is 2.60 bits per heavy atom. The van der Waals surface area contributed by atoms with Crippen LogP contribution in [0, 0.1) is 5.92 Å². The van der Waals surface area contributed by atoms with Crippen LogP contribution in [0.2, 0.25) is 0 Å². The molecule has 0 spiro atoms. The summed E-state index contributed by atoms with van der Waals surface area (Å²) in [6.45, 7) is 6.47. The molecule has 108 valence electrons. The summed E-state index contributed by atoms with van der Waals surface area (Å²) < 4.78 is 2.07. The van der Waals surface area contributed by atoms with Gasteiger partial charge in [-0.15, -0.1) is 11.8 Å². The molecule has 0 fully saturated rings. The number of benzene rings is 1. The van der Waals surface area contributed by atoms with Crippen molar-refractivity contribution in [1.29, 1.82) is 0 Å². The summed E-state index contributed by atoms with van der Waals surface area (Å²) in [7, 11) is 2.03. The molecular formula is C16H23N3S. The van der Waals surface area contributed by atoms with E-state index in [0.29, 0.717) is 5.92 Å². The van der Waals surface area contributed by atoms with Gasteiger partial charge in [0.25, 0.3) is 0 Å². The minimum Gasteiger partial charge on any atom is -0.337 e. The average molecular weight is 289 g/mol. The number of thioether (sulfide) groups is 1. The Morgan fingerprint density at radius 2 is 2.00 bits per heavy atom. The van der Waals surface area contributed by atoms with Crippen LogP contribution in [0.1, 0.15) is 25.2 Å². The van der Waals surface area contributed by atoms with E-state index in [9.17, 15) is 0 Å². The van der Waals surface area contributed by atoms with Gasteiger partial charge < -0.3 is 9.88 Å². The molecular weight excluding hydrogens is 266 g/mol. The summed E-state index contributed by atoms with van der Waals surface area (Å²) in [6, 6.07) is 8.79. The zero-order chi connectivity index (χ0) is 14.4. The van der Waals surface area contributed by atoms with Crippen molar-refractivity contribution in [3.8, 4) is 0 Å². The van der Waals surface area contributed by atoms with E-state index < -0.39 is 0 Å². The number of nitrogens with zero attached hydrogens (tertiary/aromatic N) is 2. The highest BCUT2D eigenvalue weighted by atomic mass is 32.2. The summed E-state index contributed by atoms with van der Waals surface area (Å²) in [5.41, 5.74) is 1.34. The molecule has 2 rings (SSSR count). The Morgan fingerprint density at radius 1 is 1.25 bits per heavy atom. The third kappa shape index (κ3) is 4.69. The standard InChI is InChI=1S/C16H23N3S/c1-13(2)10-17-11-14-4-6-15(7-5-14)20-12-16-18-8-9-19(16)3/h4-9,13,17H,10-12H2,1-3H3. The van der Waals surface area contributed by atoms with Crippen molar-refractivity contribution in [2.75, 3.05) is 6.54 Å². The van der Waals surface area contributed by atoms with Crippen molar-refractivity contribution < 1.29 is 0 Å². The zero-order valence-corrected chi connectivity index (χ0v) is 13.3. The van der Waals surface area contributed by atoms with E-state index in [4.69, 9.17) is 0 Å². The van der Waals surface area contributed by atoms with Crippen molar-refractivity contribution in [2.45, 2.75) is 31.0 Å². The first-order valence-electron chi connectivity index (χ1n) is 7.04. The topological polar surface area (TPSA) is 29.9 Å². The van der Waals surface area contributed by atoms with Gasteiger partial charge in [-0.3, -0.25) is 0 Å². The lowest BCUT2D eigenvalue weighted by Crippen LogP contribution is -2.18. The molecule has 1 N–H and O–H groups in total. The Kier molecular flexibility index (Phi) is 5.68. The summed E-state index contributed by atoms with van der Waals surface area (Å²) in [6.07, 6.45) is 3.83. The van der Waals surface area contributed by atoms with E-state index >= 15 is 0 Å². The van der Waals surface area contributed by atoms with Crippen LogP contribution < -0.4 is 5.32 Å². The van der Waals surface area contributed by atoms with E-state index in [1.54, 1.807) is 0 Å². The van der Waals surface area contributed by atoms with Crippen LogP contribution in [0.3, 0.4) is 0 Å². The van der Waals surface area contributed by atoms with Crippen LogP contribution in [0.25, 0.3) is 0 Å². The van der Waals surface area contributed by atoms with Crippen LogP contribution in [-0.2, 0) is 19.3 Å². The van der Waals surface area contributed by atoms with E-state index in [1.807, 2.05) is 31.2 Å². The van der Waals surface area contributed by atoms with Crippen LogP contribution in [0.15, 0.2) is 41.6 Å². The maximum absolute atomic E-state index is 4.34. The third-order valence-corrected chi connectivity index (χ3v) is 4.10. The number of hydrogen-bond acceptors (Lipinski definition) is 3. The number of rotatable bonds is 7. The van der Waals surface area contributed by atoms with E-state index in [2.05, 4.69) is 53.0 Å². The van der Waals surface area contributed by atoms with Gasteiger partial charge in [-0.05, 0) is 30.2 Å². The minimum atomic E-state index is 0.697. The maximum Gasteiger partial charge on any atom is 0.118 e. The summed E-state index contributed by atoms with van der Waals surface area (Å²) in [5, 5.41) is 3.46. The van der Waals surface area contributed by atoms with E-state index in [0.717, 1.165) is 24.7 Å². The molecule has 1 aromatic heterocycles. The van der Waals surface area contributed by atoms with Gasteiger partial charge >= 0.3 is 0 Å². The molecule has 0 bridgehead atoms. The molecule has 0 radical (unpaired) electrons. The molecule has 0 aliphatic carbocycles. The minimum absolute atomic E-state index is 0.697. The molecule has 3 nitrogen and oxygen atoms in total. The second-order valence-electron chi connectivity index (χ2n) is 5.41.